The summed E-state index contributed by atoms with van der Waals surface area (Å²) in [5, 5.41) is 0. The van der Waals surface area contributed by atoms with E-state index in [0.717, 1.165) is 0 Å². The summed E-state index contributed by atoms with van der Waals surface area (Å²) >= 11 is 0. The van der Waals surface area contributed by atoms with Crippen LogP contribution in [0.3, 0.4) is 0 Å². The lowest BCUT2D eigenvalue weighted by Crippen LogP contribution is -2.16. The molecule has 0 aliphatic carbocycles. The maximum absolute atomic E-state index is 10.6. The lowest BCUT2D eigenvalue weighted by Gasteiger charge is -2.08. The number of esters is 1. The van der Waals surface area contributed by atoms with Crippen LogP contribution < -0.4 is 0 Å². The van der Waals surface area contributed by atoms with Crippen LogP contribution in [0.2, 0.25) is 0 Å². The molecule has 5 nitrogen and oxygen atoms in total. The minimum Gasteiger partial charge on any atom is -0.466 e. The summed E-state index contributed by atoms with van der Waals surface area (Å²) < 4.78 is 34.5. The fourth-order valence-corrected chi connectivity index (χ4v) is 1.76. The highest BCUT2D eigenvalue weighted by Crippen LogP contribution is 2.05. The van der Waals surface area contributed by atoms with E-state index in [-0.39, 0.29) is 6.61 Å². The van der Waals surface area contributed by atoms with Gasteiger partial charge >= 0.3 is 5.97 Å². The molecule has 86 valence electrons. The number of hydrogen-bond acceptors (Lipinski definition) is 4. The summed E-state index contributed by atoms with van der Waals surface area (Å²) in [6.45, 7) is 2.94. The largest absolute Gasteiger partial charge is 0.466 e. The Kier molecular flexibility index (Phi) is 5.97. The molecule has 0 aliphatic rings. The second-order valence-electron chi connectivity index (χ2n) is 2.97. The first-order valence-electron chi connectivity index (χ1n) is 4.36. The molecular weight excluding hydrogens is 220 g/mol. The highest BCUT2D eigenvalue weighted by Gasteiger charge is 2.14. The summed E-state index contributed by atoms with van der Waals surface area (Å²) in [4.78, 5) is 10.4. The van der Waals surface area contributed by atoms with Gasteiger partial charge in [-0.1, -0.05) is 5.92 Å². The third-order valence-electron chi connectivity index (χ3n) is 1.53. The SMILES string of the molecule is CC#CC(CCOC(C)=O)CS(=O)(=O)O. The minimum atomic E-state index is -4.04. The third kappa shape index (κ3) is 9.25. The Morgan fingerprint density at radius 3 is 2.53 bits per heavy atom. The summed E-state index contributed by atoms with van der Waals surface area (Å²) in [6.07, 6.45) is 0.292. The van der Waals surface area contributed by atoms with Crippen LogP contribution in [0.5, 0.6) is 0 Å². The van der Waals surface area contributed by atoms with E-state index in [1.54, 1.807) is 6.92 Å². The molecule has 0 saturated carbocycles. The first-order chi connectivity index (χ1) is 6.85. The van der Waals surface area contributed by atoms with Crippen LogP contribution in [0.4, 0.5) is 0 Å². The maximum Gasteiger partial charge on any atom is 0.302 e. The molecule has 1 N–H and O–H groups in total. The number of rotatable bonds is 5. The molecule has 6 heteroatoms. The van der Waals surface area contributed by atoms with Crippen LogP contribution in [0, 0.1) is 17.8 Å². The predicted molar refractivity (Wildman–Crippen MR) is 54.6 cm³/mol. The van der Waals surface area contributed by atoms with E-state index in [2.05, 4.69) is 16.6 Å². The van der Waals surface area contributed by atoms with Crippen molar-refractivity contribution in [3.8, 4) is 11.8 Å². The van der Waals surface area contributed by atoms with Gasteiger partial charge in [-0.2, -0.15) is 8.42 Å². The average molecular weight is 234 g/mol. The van der Waals surface area contributed by atoms with E-state index in [1.807, 2.05) is 0 Å². The van der Waals surface area contributed by atoms with Gasteiger partial charge in [0, 0.05) is 12.8 Å². The zero-order valence-electron chi connectivity index (χ0n) is 8.69. The summed E-state index contributed by atoms with van der Waals surface area (Å²) in [5.74, 6) is 3.82. The molecule has 0 radical (unpaired) electrons. The first kappa shape index (κ1) is 13.9. The van der Waals surface area contributed by atoms with Crippen molar-refractivity contribution in [1.82, 2.24) is 0 Å². The van der Waals surface area contributed by atoms with Crippen LogP contribution in [0.15, 0.2) is 0 Å². The van der Waals surface area contributed by atoms with Gasteiger partial charge in [0.15, 0.2) is 0 Å². The summed E-state index contributed by atoms with van der Waals surface area (Å²) in [5.41, 5.74) is 0. The Morgan fingerprint density at radius 2 is 2.13 bits per heavy atom. The lowest BCUT2D eigenvalue weighted by atomic mass is 10.1. The maximum atomic E-state index is 10.6. The van der Waals surface area contributed by atoms with Crippen molar-refractivity contribution in [2.24, 2.45) is 5.92 Å². The van der Waals surface area contributed by atoms with Crippen LogP contribution in [-0.2, 0) is 19.6 Å². The van der Waals surface area contributed by atoms with E-state index in [9.17, 15) is 13.2 Å². The zero-order chi connectivity index (χ0) is 11.9. The Balaban J connectivity index is 4.16. The Bertz CT molecular complexity index is 360. The van der Waals surface area contributed by atoms with Gasteiger partial charge in [-0.15, -0.1) is 5.92 Å². The molecule has 0 amide bonds. The van der Waals surface area contributed by atoms with E-state index in [4.69, 9.17) is 4.55 Å². The second-order valence-corrected chi connectivity index (χ2v) is 4.47. The van der Waals surface area contributed by atoms with Crippen molar-refractivity contribution in [1.29, 1.82) is 0 Å². The molecular formula is C9H14O5S. The third-order valence-corrected chi connectivity index (χ3v) is 2.36. The average Bonchev–Trinajstić information content (AvgIpc) is 2.00. The van der Waals surface area contributed by atoms with Gasteiger partial charge in [0.05, 0.1) is 12.4 Å². The van der Waals surface area contributed by atoms with Crippen molar-refractivity contribution < 1.29 is 22.5 Å². The van der Waals surface area contributed by atoms with Gasteiger partial charge in [0.2, 0.25) is 0 Å². The highest BCUT2D eigenvalue weighted by atomic mass is 32.2. The van der Waals surface area contributed by atoms with Crippen molar-refractivity contribution in [2.75, 3.05) is 12.4 Å². The summed E-state index contributed by atoms with van der Waals surface area (Å²) in [7, 11) is -4.04. The fourth-order valence-electron chi connectivity index (χ4n) is 1.00. The monoisotopic (exact) mass is 234 g/mol. The normalized spacial score (nSPS) is 12.5. The number of hydrogen-bond donors (Lipinski definition) is 1. The van der Waals surface area contributed by atoms with Crippen LogP contribution in [0.1, 0.15) is 20.3 Å². The quantitative estimate of drug-likeness (QED) is 0.425. The van der Waals surface area contributed by atoms with Gasteiger partial charge in [-0.05, 0) is 13.3 Å². The van der Waals surface area contributed by atoms with Crippen molar-refractivity contribution in [3.63, 3.8) is 0 Å². The standard InChI is InChI=1S/C9H14O5S/c1-3-4-9(7-15(11,12)13)5-6-14-8(2)10/h9H,5-7H2,1-2H3,(H,11,12,13). The van der Waals surface area contributed by atoms with Gasteiger partial charge in [0.25, 0.3) is 10.1 Å². The smallest absolute Gasteiger partial charge is 0.302 e. The first-order valence-corrected chi connectivity index (χ1v) is 5.97. The molecule has 0 aromatic heterocycles. The number of ether oxygens (including phenoxy) is 1. The van der Waals surface area contributed by atoms with E-state index < -0.39 is 27.8 Å². The van der Waals surface area contributed by atoms with Gasteiger partial charge in [0.1, 0.15) is 0 Å². The van der Waals surface area contributed by atoms with E-state index in [1.165, 1.54) is 6.92 Å². The number of carbonyl (C=O) groups is 1. The molecule has 1 unspecified atom stereocenters. The molecule has 1 atom stereocenters. The van der Waals surface area contributed by atoms with Crippen LogP contribution in [0.25, 0.3) is 0 Å². The van der Waals surface area contributed by atoms with E-state index >= 15 is 0 Å². The molecule has 0 saturated heterocycles. The molecule has 0 rings (SSSR count). The Labute approximate surface area is 89.6 Å². The van der Waals surface area contributed by atoms with Gasteiger partial charge in [-0.3, -0.25) is 9.35 Å². The predicted octanol–water partition coefficient (Wildman–Crippen LogP) is 0.467. The topological polar surface area (TPSA) is 80.7 Å². The molecule has 0 aromatic rings. The highest BCUT2D eigenvalue weighted by molar-refractivity contribution is 7.85. The molecule has 0 aromatic carbocycles. The van der Waals surface area contributed by atoms with Crippen molar-refractivity contribution in [2.45, 2.75) is 20.3 Å². The van der Waals surface area contributed by atoms with Gasteiger partial charge in [-0.25, -0.2) is 0 Å². The minimum absolute atomic E-state index is 0.101. The van der Waals surface area contributed by atoms with Crippen LogP contribution in [-0.4, -0.2) is 31.3 Å². The van der Waals surface area contributed by atoms with Crippen LogP contribution >= 0.6 is 0 Å². The zero-order valence-corrected chi connectivity index (χ0v) is 9.50. The van der Waals surface area contributed by atoms with E-state index in [0.29, 0.717) is 6.42 Å². The molecule has 0 heterocycles. The van der Waals surface area contributed by atoms with Crippen molar-refractivity contribution >= 4 is 16.1 Å². The summed E-state index contributed by atoms with van der Waals surface area (Å²) in [6, 6.07) is 0. The van der Waals surface area contributed by atoms with Gasteiger partial charge < -0.3 is 4.74 Å². The molecule has 0 aliphatic heterocycles. The Morgan fingerprint density at radius 1 is 1.53 bits per heavy atom. The fraction of sp³-hybridized carbons (Fsp3) is 0.667. The second kappa shape index (κ2) is 6.43. The lowest BCUT2D eigenvalue weighted by molar-refractivity contribution is -0.141. The molecule has 0 spiro atoms. The molecule has 0 bridgehead atoms. The Hall–Kier alpha value is -1.06. The molecule has 15 heavy (non-hydrogen) atoms. The van der Waals surface area contributed by atoms with Crippen molar-refractivity contribution in [3.05, 3.63) is 0 Å². The number of carbonyl (C=O) groups excluding carboxylic acids is 1. The molecule has 0 fully saturated rings.